The number of benzene rings is 2. The summed E-state index contributed by atoms with van der Waals surface area (Å²) in [7, 11) is -2.30. The first-order valence-corrected chi connectivity index (χ1v) is 7.90. The molecule has 21 heavy (non-hydrogen) atoms. The van der Waals surface area contributed by atoms with Crippen LogP contribution in [0.1, 0.15) is 11.1 Å². The van der Waals surface area contributed by atoms with Gasteiger partial charge in [-0.05, 0) is 30.7 Å². The van der Waals surface area contributed by atoms with Gasteiger partial charge >= 0.3 is 0 Å². The Hall–Kier alpha value is -2.08. The highest BCUT2D eigenvalue weighted by atomic mass is 32.2. The predicted molar refractivity (Wildman–Crippen MR) is 79.4 cm³/mol. The van der Waals surface area contributed by atoms with Crippen molar-refractivity contribution in [3.8, 4) is 5.75 Å². The van der Waals surface area contributed by atoms with Gasteiger partial charge in [0.1, 0.15) is 11.6 Å². The maximum absolute atomic E-state index is 13.9. The molecular formula is C15H16FNO3S. The van der Waals surface area contributed by atoms with Crippen molar-refractivity contribution < 1.29 is 17.5 Å². The van der Waals surface area contributed by atoms with Crippen LogP contribution in [0.25, 0.3) is 0 Å². The molecule has 2 aromatic carbocycles. The van der Waals surface area contributed by atoms with Crippen molar-refractivity contribution in [3.63, 3.8) is 0 Å². The Morgan fingerprint density at radius 3 is 2.52 bits per heavy atom. The van der Waals surface area contributed by atoms with Gasteiger partial charge in [-0.1, -0.05) is 12.1 Å². The Balaban J connectivity index is 2.40. The number of methoxy groups -OCH3 is 1. The number of rotatable bonds is 4. The number of sulfone groups is 1. The van der Waals surface area contributed by atoms with Crippen LogP contribution in [0.15, 0.2) is 41.3 Å². The molecular weight excluding hydrogens is 293 g/mol. The lowest BCUT2D eigenvalue weighted by molar-refractivity contribution is 0.411. The summed E-state index contributed by atoms with van der Waals surface area (Å²) in [6.45, 7) is 1.77. The van der Waals surface area contributed by atoms with Crippen LogP contribution in [0.3, 0.4) is 0 Å². The Kier molecular flexibility index (Phi) is 4.18. The van der Waals surface area contributed by atoms with E-state index in [0.29, 0.717) is 5.75 Å². The molecule has 0 aliphatic rings. The minimum Gasteiger partial charge on any atom is -0.497 e. The molecule has 2 aromatic rings. The second-order valence-corrected chi connectivity index (χ2v) is 6.72. The normalized spacial score (nSPS) is 11.4. The lowest BCUT2D eigenvalue weighted by Crippen LogP contribution is -2.09. The Labute approximate surface area is 123 Å². The summed E-state index contributed by atoms with van der Waals surface area (Å²) in [6.07, 6.45) is 0. The molecule has 2 rings (SSSR count). The average molecular weight is 309 g/mol. The van der Waals surface area contributed by atoms with Crippen molar-refractivity contribution in [2.45, 2.75) is 17.6 Å². The van der Waals surface area contributed by atoms with Crippen molar-refractivity contribution in [3.05, 3.63) is 53.3 Å². The molecule has 2 N–H and O–H groups in total. The summed E-state index contributed by atoms with van der Waals surface area (Å²) in [6, 6.07) is 8.83. The van der Waals surface area contributed by atoms with E-state index in [-0.39, 0.29) is 16.1 Å². The molecule has 0 heterocycles. The molecule has 0 spiro atoms. The van der Waals surface area contributed by atoms with E-state index in [1.807, 2.05) is 0 Å². The van der Waals surface area contributed by atoms with Crippen LogP contribution in [-0.4, -0.2) is 15.5 Å². The Morgan fingerprint density at radius 2 is 1.90 bits per heavy atom. The van der Waals surface area contributed by atoms with Gasteiger partial charge in [0.2, 0.25) is 0 Å². The van der Waals surface area contributed by atoms with Crippen LogP contribution in [0.4, 0.5) is 10.1 Å². The van der Waals surface area contributed by atoms with Gasteiger partial charge in [0, 0.05) is 11.6 Å². The zero-order valence-electron chi connectivity index (χ0n) is 11.8. The number of ether oxygens (including phenoxy) is 1. The monoisotopic (exact) mass is 309 g/mol. The van der Waals surface area contributed by atoms with Crippen LogP contribution in [-0.2, 0) is 15.6 Å². The largest absolute Gasteiger partial charge is 0.497 e. The molecule has 4 nitrogen and oxygen atoms in total. The van der Waals surface area contributed by atoms with Gasteiger partial charge in [-0.15, -0.1) is 0 Å². The summed E-state index contributed by atoms with van der Waals surface area (Å²) < 4.78 is 43.6. The molecule has 0 fully saturated rings. The number of nitrogens with two attached hydrogens (primary N) is 1. The summed E-state index contributed by atoms with van der Waals surface area (Å²) in [5.74, 6) is -0.732. The van der Waals surface area contributed by atoms with Crippen molar-refractivity contribution in [2.24, 2.45) is 0 Å². The molecule has 0 bridgehead atoms. The van der Waals surface area contributed by atoms with E-state index >= 15 is 0 Å². The second-order valence-electron chi connectivity index (χ2n) is 4.76. The van der Waals surface area contributed by atoms with E-state index in [0.717, 1.165) is 11.6 Å². The van der Waals surface area contributed by atoms with E-state index in [9.17, 15) is 12.8 Å². The van der Waals surface area contributed by atoms with Gasteiger partial charge in [-0.3, -0.25) is 0 Å². The molecule has 0 radical (unpaired) electrons. The maximum atomic E-state index is 13.9. The van der Waals surface area contributed by atoms with Gasteiger partial charge in [-0.2, -0.15) is 0 Å². The molecule has 0 atom stereocenters. The third-order valence-electron chi connectivity index (χ3n) is 3.11. The minimum atomic E-state index is -3.71. The van der Waals surface area contributed by atoms with Crippen LogP contribution in [0.2, 0.25) is 0 Å². The minimum absolute atomic E-state index is 0.0257. The SMILES string of the molecule is COc1ccc(CS(=O)(=O)c2cc(C)ccc2N)c(F)c1. The summed E-state index contributed by atoms with van der Waals surface area (Å²) >= 11 is 0. The van der Waals surface area contributed by atoms with Crippen LogP contribution < -0.4 is 10.5 Å². The molecule has 0 saturated carbocycles. The molecule has 6 heteroatoms. The topological polar surface area (TPSA) is 69.4 Å². The van der Waals surface area contributed by atoms with Crippen molar-refractivity contribution in [2.75, 3.05) is 12.8 Å². The van der Waals surface area contributed by atoms with Crippen molar-refractivity contribution in [1.82, 2.24) is 0 Å². The third-order valence-corrected chi connectivity index (χ3v) is 4.82. The molecule has 0 aliphatic heterocycles. The number of hydrogen-bond donors (Lipinski definition) is 1. The fourth-order valence-electron chi connectivity index (χ4n) is 1.97. The van der Waals surface area contributed by atoms with Gasteiger partial charge in [0.05, 0.1) is 23.4 Å². The smallest absolute Gasteiger partial charge is 0.184 e. The maximum Gasteiger partial charge on any atom is 0.184 e. The lowest BCUT2D eigenvalue weighted by atomic mass is 10.2. The quantitative estimate of drug-likeness (QED) is 0.882. The van der Waals surface area contributed by atoms with Crippen molar-refractivity contribution in [1.29, 1.82) is 0 Å². The standard InChI is InChI=1S/C15H16FNO3S/c1-10-3-6-14(17)15(7-10)21(18,19)9-11-4-5-12(20-2)8-13(11)16/h3-8H,9,17H2,1-2H3. The van der Waals surface area contributed by atoms with Gasteiger partial charge in [0.25, 0.3) is 0 Å². The van der Waals surface area contributed by atoms with Crippen LogP contribution in [0.5, 0.6) is 5.75 Å². The summed E-state index contributed by atoms with van der Waals surface area (Å²) in [5, 5.41) is 0. The van der Waals surface area contributed by atoms with Crippen molar-refractivity contribution >= 4 is 15.5 Å². The third kappa shape index (κ3) is 3.33. The number of anilines is 1. The Morgan fingerprint density at radius 1 is 1.19 bits per heavy atom. The fraction of sp³-hybridized carbons (Fsp3) is 0.200. The number of halogens is 1. The van der Waals surface area contributed by atoms with Crippen LogP contribution >= 0.6 is 0 Å². The van der Waals surface area contributed by atoms with Gasteiger partial charge < -0.3 is 10.5 Å². The number of nitrogen functional groups attached to an aromatic ring is 1. The first-order valence-electron chi connectivity index (χ1n) is 6.25. The van der Waals surface area contributed by atoms with E-state index in [1.54, 1.807) is 13.0 Å². The summed E-state index contributed by atoms with van der Waals surface area (Å²) in [4.78, 5) is 0.0257. The van der Waals surface area contributed by atoms with E-state index < -0.39 is 21.4 Å². The first-order chi connectivity index (χ1) is 9.83. The predicted octanol–water partition coefficient (Wildman–Crippen LogP) is 2.70. The fourth-order valence-corrected chi connectivity index (χ4v) is 3.56. The molecule has 0 aliphatic carbocycles. The number of aryl methyl sites for hydroxylation is 1. The highest BCUT2D eigenvalue weighted by Crippen LogP contribution is 2.25. The zero-order chi connectivity index (χ0) is 15.6. The molecule has 112 valence electrons. The lowest BCUT2D eigenvalue weighted by Gasteiger charge is -2.10. The van der Waals surface area contributed by atoms with Gasteiger partial charge in [0.15, 0.2) is 9.84 Å². The molecule has 0 saturated heterocycles. The highest BCUT2D eigenvalue weighted by molar-refractivity contribution is 7.90. The second kappa shape index (κ2) is 5.73. The van der Waals surface area contributed by atoms with E-state index in [2.05, 4.69) is 0 Å². The van der Waals surface area contributed by atoms with E-state index in [1.165, 1.54) is 31.4 Å². The molecule has 0 unspecified atom stereocenters. The van der Waals surface area contributed by atoms with Gasteiger partial charge in [-0.25, -0.2) is 12.8 Å². The number of hydrogen-bond acceptors (Lipinski definition) is 4. The van der Waals surface area contributed by atoms with E-state index in [4.69, 9.17) is 10.5 Å². The first kappa shape index (κ1) is 15.3. The Bertz CT molecular complexity index is 772. The highest BCUT2D eigenvalue weighted by Gasteiger charge is 2.20. The van der Waals surface area contributed by atoms with Crippen LogP contribution in [0, 0.1) is 12.7 Å². The average Bonchev–Trinajstić information content (AvgIpc) is 2.43. The molecule has 0 aromatic heterocycles. The zero-order valence-corrected chi connectivity index (χ0v) is 12.6. The summed E-state index contributed by atoms with van der Waals surface area (Å²) in [5.41, 5.74) is 6.74. The molecule has 0 amide bonds.